The Morgan fingerprint density at radius 3 is 2.54 bits per heavy atom. The highest BCUT2D eigenvalue weighted by Crippen LogP contribution is 2.25. The first-order valence-corrected chi connectivity index (χ1v) is 8.82. The number of carbonyl (C=O) groups excluding carboxylic acids is 1. The molecule has 4 heteroatoms. The van der Waals surface area contributed by atoms with Crippen LogP contribution in [0, 0.1) is 0 Å². The molecule has 130 valence electrons. The summed E-state index contributed by atoms with van der Waals surface area (Å²) in [6, 6.07) is 20.1. The molecule has 26 heavy (non-hydrogen) atoms. The van der Waals surface area contributed by atoms with Crippen molar-refractivity contribution in [3.05, 3.63) is 89.7 Å². The number of rotatable bonds is 3. The van der Waals surface area contributed by atoms with Gasteiger partial charge in [-0.15, -0.1) is 0 Å². The molecule has 2 aromatic carbocycles. The molecule has 1 aromatic heterocycles. The summed E-state index contributed by atoms with van der Waals surface area (Å²) < 4.78 is 0. The third-order valence-corrected chi connectivity index (χ3v) is 4.91. The van der Waals surface area contributed by atoms with Crippen LogP contribution in [-0.4, -0.2) is 24.5 Å². The van der Waals surface area contributed by atoms with Crippen LogP contribution in [0.25, 0.3) is 0 Å². The van der Waals surface area contributed by atoms with Crippen LogP contribution in [0.15, 0.2) is 73.1 Å². The molecule has 1 aliphatic rings. The maximum atomic E-state index is 12.8. The Balaban J connectivity index is 1.57. The van der Waals surface area contributed by atoms with E-state index in [1.807, 2.05) is 42.6 Å². The molecule has 0 saturated carbocycles. The zero-order valence-corrected chi connectivity index (χ0v) is 14.8. The van der Waals surface area contributed by atoms with Crippen molar-refractivity contribution >= 4 is 17.3 Å². The number of hydrogen-bond acceptors (Lipinski definition) is 3. The molecule has 3 aromatic rings. The Morgan fingerprint density at radius 1 is 1.00 bits per heavy atom. The number of benzene rings is 2. The third-order valence-electron chi connectivity index (χ3n) is 4.91. The van der Waals surface area contributed by atoms with Crippen LogP contribution in [0.5, 0.6) is 0 Å². The van der Waals surface area contributed by atoms with Crippen LogP contribution in [0.1, 0.15) is 21.5 Å². The quantitative estimate of drug-likeness (QED) is 0.723. The van der Waals surface area contributed by atoms with E-state index in [-0.39, 0.29) is 5.91 Å². The van der Waals surface area contributed by atoms with Gasteiger partial charge in [0.15, 0.2) is 0 Å². The minimum absolute atomic E-state index is 0.0528. The average Bonchev–Trinajstić information content (AvgIpc) is 2.73. The highest BCUT2D eigenvalue weighted by Gasteiger charge is 2.19. The van der Waals surface area contributed by atoms with Crippen LogP contribution in [0.3, 0.4) is 0 Å². The van der Waals surface area contributed by atoms with Gasteiger partial charge in [0.1, 0.15) is 0 Å². The van der Waals surface area contributed by atoms with E-state index in [0.29, 0.717) is 5.56 Å². The van der Waals surface area contributed by atoms with Crippen molar-refractivity contribution in [1.82, 2.24) is 4.98 Å². The fraction of sp³-hybridized carbons (Fsp3) is 0.182. The number of hydrogen-bond donors (Lipinski definition) is 0. The Labute approximate surface area is 153 Å². The summed E-state index contributed by atoms with van der Waals surface area (Å²) in [5, 5.41) is 0. The number of nitrogens with zero attached hydrogens (tertiary/aromatic N) is 3. The lowest BCUT2D eigenvalue weighted by Crippen LogP contribution is -2.31. The Hall–Kier alpha value is -3.14. The van der Waals surface area contributed by atoms with E-state index in [4.69, 9.17) is 0 Å². The van der Waals surface area contributed by atoms with Gasteiger partial charge in [0.2, 0.25) is 0 Å². The molecule has 0 bridgehead atoms. The zero-order chi connectivity index (χ0) is 17.9. The van der Waals surface area contributed by atoms with Crippen molar-refractivity contribution in [2.24, 2.45) is 0 Å². The molecule has 0 atom stereocenters. The molecule has 0 aliphatic carbocycles. The van der Waals surface area contributed by atoms with Gasteiger partial charge in [-0.25, -0.2) is 0 Å². The second-order valence-electron chi connectivity index (χ2n) is 6.57. The topological polar surface area (TPSA) is 36.4 Å². The standard InChI is InChI=1S/C22H21N3O/c1-24(20-9-3-2-4-10-20)22(26)19-13-21(15-23-14-19)25-12-11-17-7-5-6-8-18(17)16-25/h2-10,13-15H,11-12,16H2,1H3. The second kappa shape index (κ2) is 7.00. The van der Waals surface area contributed by atoms with Crippen molar-refractivity contribution in [3.63, 3.8) is 0 Å². The molecule has 0 unspecified atom stereocenters. The predicted molar refractivity (Wildman–Crippen MR) is 105 cm³/mol. The number of fused-ring (bicyclic) bond motifs is 1. The third kappa shape index (κ3) is 3.18. The summed E-state index contributed by atoms with van der Waals surface area (Å²) in [6.07, 6.45) is 4.49. The number of pyridine rings is 1. The summed E-state index contributed by atoms with van der Waals surface area (Å²) >= 11 is 0. The average molecular weight is 343 g/mol. The second-order valence-corrected chi connectivity index (χ2v) is 6.57. The van der Waals surface area contributed by atoms with Crippen molar-refractivity contribution in [1.29, 1.82) is 0 Å². The molecule has 0 fully saturated rings. The largest absolute Gasteiger partial charge is 0.366 e. The van der Waals surface area contributed by atoms with Crippen molar-refractivity contribution in [3.8, 4) is 0 Å². The van der Waals surface area contributed by atoms with Gasteiger partial charge in [0.25, 0.3) is 5.91 Å². The first-order valence-electron chi connectivity index (χ1n) is 8.82. The molecule has 0 spiro atoms. The molecular formula is C22H21N3O. The van der Waals surface area contributed by atoms with E-state index in [0.717, 1.165) is 30.9 Å². The fourth-order valence-electron chi connectivity index (χ4n) is 3.40. The molecule has 0 N–H and O–H groups in total. The zero-order valence-electron chi connectivity index (χ0n) is 14.8. The summed E-state index contributed by atoms with van der Waals surface area (Å²) in [5.41, 5.74) is 5.22. The predicted octanol–water partition coefficient (Wildman–Crippen LogP) is 3.92. The monoisotopic (exact) mass is 343 g/mol. The van der Waals surface area contributed by atoms with E-state index in [1.54, 1.807) is 18.1 Å². The van der Waals surface area contributed by atoms with Crippen LogP contribution < -0.4 is 9.80 Å². The molecule has 2 heterocycles. The number of carbonyl (C=O) groups is 1. The number of amides is 1. The number of para-hydroxylation sites is 1. The molecule has 0 saturated heterocycles. The lowest BCUT2D eigenvalue weighted by atomic mass is 9.99. The van der Waals surface area contributed by atoms with Crippen molar-refractivity contribution < 1.29 is 4.79 Å². The van der Waals surface area contributed by atoms with Gasteiger partial charge in [-0.3, -0.25) is 9.78 Å². The molecule has 1 aliphatic heterocycles. The summed E-state index contributed by atoms with van der Waals surface area (Å²) in [5.74, 6) is -0.0528. The van der Waals surface area contributed by atoms with Gasteiger partial charge in [0, 0.05) is 32.0 Å². The fourth-order valence-corrected chi connectivity index (χ4v) is 3.40. The van der Waals surface area contributed by atoms with Crippen molar-refractivity contribution in [2.45, 2.75) is 13.0 Å². The minimum Gasteiger partial charge on any atom is -0.366 e. The van der Waals surface area contributed by atoms with E-state index in [9.17, 15) is 4.79 Å². The lowest BCUT2D eigenvalue weighted by Gasteiger charge is -2.30. The normalized spacial score (nSPS) is 13.2. The van der Waals surface area contributed by atoms with Gasteiger partial charge < -0.3 is 9.80 Å². The summed E-state index contributed by atoms with van der Waals surface area (Å²) in [7, 11) is 1.79. The van der Waals surface area contributed by atoms with E-state index >= 15 is 0 Å². The molecule has 1 amide bonds. The maximum Gasteiger partial charge on any atom is 0.259 e. The van der Waals surface area contributed by atoms with E-state index in [2.05, 4.69) is 34.1 Å². The first kappa shape index (κ1) is 16.3. The van der Waals surface area contributed by atoms with Crippen molar-refractivity contribution in [2.75, 3.05) is 23.4 Å². The summed E-state index contributed by atoms with van der Waals surface area (Å²) in [4.78, 5) is 21.1. The smallest absolute Gasteiger partial charge is 0.259 e. The van der Waals surface area contributed by atoms with Gasteiger partial charge in [0.05, 0.1) is 17.4 Å². The van der Waals surface area contributed by atoms with Crippen LogP contribution >= 0.6 is 0 Å². The minimum atomic E-state index is -0.0528. The first-order chi connectivity index (χ1) is 12.7. The number of anilines is 2. The Kier molecular flexibility index (Phi) is 4.40. The Morgan fingerprint density at radius 2 is 1.73 bits per heavy atom. The van der Waals surface area contributed by atoms with Gasteiger partial charge in [-0.2, -0.15) is 0 Å². The Bertz CT molecular complexity index is 923. The maximum absolute atomic E-state index is 12.8. The molecule has 0 radical (unpaired) electrons. The molecule has 4 rings (SSSR count). The van der Waals surface area contributed by atoms with Crippen LogP contribution in [0.2, 0.25) is 0 Å². The van der Waals surface area contributed by atoms with Crippen LogP contribution in [-0.2, 0) is 13.0 Å². The van der Waals surface area contributed by atoms with Gasteiger partial charge in [-0.1, -0.05) is 42.5 Å². The van der Waals surface area contributed by atoms with Gasteiger partial charge >= 0.3 is 0 Å². The molecule has 4 nitrogen and oxygen atoms in total. The highest BCUT2D eigenvalue weighted by molar-refractivity contribution is 6.06. The van der Waals surface area contributed by atoms with Crippen LogP contribution in [0.4, 0.5) is 11.4 Å². The van der Waals surface area contributed by atoms with Gasteiger partial charge in [-0.05, 0) is 35.7 Å². The highest BCUT2D eigenvalue weighted by atomic mass is 16.2. The lowest BCUT2D eigenvalue weighted by molar-refractivity contribution is 0.0992. The van der Waals surface area contributed by atoms with E-state index in [1.165, 1.54) is 11.1 Å². The summed E-state index contributed by atoms with van der Waals surface area (Å²) in [6.45, 7) is 1.79. The number of aromatic nitrogens is 1. The SMILES string of the molecule is CN(C(=O)c1cncc(N2CCc3ccccc3C2)c1)c1ccccc1. The molecular weight excluding hydrogens is 322 g/mol. The van der Waals surface area contributed by atoms with E-state index < -0.39 is 0 Å².